The molecule has 0 radical (unpaired) electrons. The van der Waals surface area contributed by atoms with Crippen LogP contribution in [0.25, 0.3) is 0 Å². The maximum atomic E-state index is 13.6. The molecule has 138 valence electrons. The first-order valence-corrected chi connectivity index (χ1v) is 8.52. The van der Waals surface area contributed by atoms with E-state index in [2.05, 4.69) is 10.2 Å². The number of nitrogens with one attached hydrogen (secondary N) is 2. The summed E-state index contributed by atoms with van der Waals surface area (Å²) in [7, 11) is 1.64. The Labute approximate surface area is 151 Å². The second-order valence-electron chi connectivity index (χ2n) is 6.28. The van der Waals surface area contributed by atoms with E-state index in [-0.39, 0.29) is 18.1 Å². The zero-order valence-corrected chi connectivity index (χ0v) is 14.6. The molecule has 5 nitrogen and oxygen atoms in total. The van der Waals surface area contributed by atoms with E-state index in [1.54, 1.807) is 7.11 Å². The summed E-state index contributed by atoms with van der Waals surface area (Å²) in [6.45, 7) is 3.47. The Morgan fingerprint density at radius 3 is 2.50 bits per heavy atom. The molecular formula is C19H22F2N3O2+. The van der Waals surface area contributed by atoms with Crippen LogP contribution in [-0.2, 0) is 4.79 Å². The number of amides is 1. The number of anilines is 2. The summed E-state index contributed by atoms with van der Waals surface area (Å²) in [5.41, 5.74) is 1.00. The van der Waals surface area contributed by atoms with E-state index in [0.717, 1.165) is 60.7 Å². The summed E-state index contributed by atoms with van der Waals surface area (Å²) in [6.07, 6.45) is 0. The van der Waals surface area contributed by atoms with E-state index in [9.17, 15) is 13.6 Å². The number of rotatable bonds is 5. The second kappa shape index (κ2) is 8.14. The highest BCUT2D eigenvalue weighted by molar-refractivity contribution is 5.91. The minimum atomic E-state index is -0.640. The molecule has 0 bridgehead atoms. The molecule has 1 aliphatic rings. The lowest BCUT2D eigenvalue weighted by molar-refractivity contribution is -0.892. The van der Waals surface area contributed by atoms with Crippen LogP contribution in [0.3, 0.4) is 0 Å². The largest absolute Gasteiger partial charge is 0.497 e. The van der Waals surface area contributed by atoms with Gasteiger partial charge >= 0.3 is 0 Å². The number of quaternary nitrogens is 1. The van der Waals surface area contributed by atoms with Gasteiger partial charge in [0.2, 0.25) is 0 Å². The van der Waals surface area contributed by atoms with E-state index in [1.807, 2.05) is 24.3 Å². The Hall–Kier alpha value is -2.67. The third-order valence-electron chi connectivity index (χ3n) is 4.52. The number of carbonyl (C=O) groups is 1. The highest BCUT2D eigenvalue weighted by atomic mass is 19.1. The quantitative estimate of drug-likeness (QED) is 0.843. The normalized spacial score (nSPS) is 15.0. The monoisotopic (exact) mass is 362 g/mol. The predicted molar refractivity (Wildman–Crippen MR) is 95.8 cm³/mol. The van der Waals surface area contributed by atoms with Crippen molar-refractivity contribution in [2.75, 3.05) is 50.1 Å². The van der Waals surface area contributed by atoms with Crippen molar-refractivity contribution in [1.82, 2.24) is 0 Å². The number of benzene rings is 2. The van der Waals surface area contributed by atoms with Gasteiger partial charge in [0.15, 0.2) is 6.54 Å². The lowest BCUT2D eigenvalue weighted by atomic mass is 10.2. The Kier molecular flexibility index (Phi) is 5.68. The van der Waals surface area contributed by atoms with Crippen molar-refractivity contribution in [2.45, 2.75) is 0 Å². The molecule has 2 aromatic carbocycles. The first kappa shape index (κ1) is 18.1. The molecule has 1 amide bonds. The highest BCUT2D eigenvalue weighted by Crippen LogP contribution is 2.19. The van der Waals surface area contributed by atoms with Crippen molar-refractivity contribution in [3.63, 3.8) is 0 Å². The lowest BCUT2D eigenvalue weighted by Crippen LogP contribution is -3.15. The van der Waals surface area contributed by atoms with Crippen molar-refractivity contribution >= 4 is 17.3 Å². The molecule has 0 saturated carbocycles. The maximum absolute atomic E-state index is 13.6. The number of piperazine rings is 1. The third kappa shape index (κ3) is 4.49. The Bertz CT molecular complexity index is 760. The molecule has 3 rings (SSSR count). The molecule has 0 aliphatic carbocycles. The van der Waals surface area contributed by atoms with E-state index >= 15 is 0 Å². The highest BCUT2D eigenvalue weighted by Gasteiger charge is 2.23. The number of hydrogen-bond donors (Lipinski definition) is 2. The number of nitrogens with zero attached hydrogens (tertiary/aromatic N) is 1. The SMILES string of the molecule is COc1ccc(N2CC[NH+](CC(=O)Nc3cc(F)ccc3F)CC2)cc1. The number of ether oxygens (including phenoxy) is 1. The van der Waals surface area contributed by atoms with Crippen molar-refractivity contribution in [1.29, 1.82) is 0 Å². The van der Waals surface area contributed by atoms with E-state index in [1.165, 1.54) is 0 Å². The Morgan fingerprint density at radius 1 is 1.15 bits per heavy atom. The summed E-state index contributed by atoms with van der Waals surface area (Å²) < 4.78 is 31.9. The zero-order valence-electron chi connectivity index (χ0n) is 14.6. The topological polar surface area (TPSA) is 46.0 Å². The van der Waals surface area contributed by atoms with Crippen LogP contribution in [0.4, 0.5) is 20.2 Å². The molecule has 26 heavy (non-hydrogen) atoms. The average Bonchev–Trinajstić information content (AvgIpc) is 2.65. The number of halogens is 2. The first-order chi connectivity index (χ1) is 12.5. The molecule has 7 heteroatoms. The maximum Gasteiger partial charge on any atom is 0.279 e. The zero-order chi connectivity index (χ0) is 18.5. The third-order valence-corrected chi connectivity index (χ3v) is 4.52. The molecule has 1 aliphatic heterocycles. The van der Waals surface area contributed by atoms with Crippen molar-refractivity contribution in [3.05, 3.63) is 54.1 Å². The molecule has 1 fully saturated rings. The van der Waals surface area contributed by atoms with Crippen LogP contribution in [0.15, 0.2) is 42.5 Å². The number of hydrogen-bond acceptors (Lipinski definition) is 3. The summed E-state index contributed by atoms with van der Waals surface area (Å²) in [5, 5.41) is 2.45. The molecule has 0 unspecified atom stereocenters. The predicted octanol–water partition coefficient (Wildman–Crippen LogP) is 1.32. The van der Waals surface area contributed by atoms with Crippen molar-refractivity contribution < 1.29 is 23.2 Å². The van der Waals surface area contributed by atoms with E-state index < -0.39 is 11.6 Å². The fourth-order valence-electron chi connectivity index (χ4n) is 3.07. The Morgan fingerprint density at radius 2 is 1.85 bits per heavy atom. The van der Waals surface area contributed by atoms with Gasteiger partial charge in [-0.1, -0.05) is 0 Å². The molecule has 0 aromatic heterocycles. The number of carbonyl (C=O) groups excluding carboxylic acids is 1. The average molecular weight is 362 g/mol. The van der Waals surface area contributed by atoms with Crippen LogP contribution in [0.2, 0.25) is 0 Å². The van der Waals surface area contributed by atoms with Gasteiger partial charge in [-0.3, -0.25) is 4.79 Å². The van der Waals surface area contributed by atoms with Gasteiger partial charge in [0, 0.05) is 11.8 Å². The first-order valence-electron chi connectivity index (χ1n) is 8.52. The molecule has 2 aromatic rings. The van der Waals surface area contributed by atoms with Crippen LogP contribution in [0.1, 0.15) is 0 Å². The van der Waals surface area contributed by atoms with Crippen LogP contribution in [0, 0.1) is 11.6 Å². The van der Waals surface area contributed by atoms with Gasteiger partial charge in [-0.05, 0) is 36.4 Å². The number of methoxy groups -OCH3 is 1. The van der Waals surface area contributed by atoms with Gasteiger partial charge < -0.3 is 19.9 Å². The standard InChI is InChI=1S/C19H21F2N3O2/c1-26-16-5-3-15(4-6-16)24-10-8-23(9-11-24)13-19(25)22-18-12-14(20)2-7-17(18)21/h2-7,12H,8-11,13H2,1H3,(H,22,25)/p+1. The van der Waals surface area contributed by atoms with Crippen molar-refractivity contribution in [2.24, 2.45) is 0 Å². The van der Waals surface area contributed by atoms with Gasteiger partial charge in [-0.25, -0.2) is 8.78 Å². The molecule has 0 atom stereocenters. The van der Waals surface area contributed by atoms with Gasteiger partial charge in [0.05, 0.1) is 39.0 Å². The minimum Gasteiger partial charge on any atom is -0.497 e. The van der Waals surface area contributed by atoms with Crippen molar-refractivity contribution in [3.8, 4) is 5.75 Å². The van der Waals surface area contributed by atoms with Gasteiger partial charge in [0.25, 0.3) is 5.91 Å². The Balaban J connectivity index is 1.50. The molecule has 1 saturated heterocycles. The molecule has 1 heterocycles. The van der Waals surface area contributed by atoms with E-state index in [0.29, 0.717) is 0 Å². The van der Waals surface area contributed by atoms with Crippen LogP contribution in [-0.4, -0.2) is 45.7 Å². The molecule has 2 N–H and O–H groups in total. The van der Waals surface area contributed by atoms with E-state index in [4.69, 9.17) is 4.74 Å². The lowest BCUT2D eigenvalue weighted by Gasteiger charge is -2.33. The molecular weight excluding hydrogens is 340 g/mol. The fraction of sp³-hybridized carbons (Fsp3) is 0.316. The summed E-state index contributed by atoms with van der Waals surface area (Å²) in [5.74, 6) is -0.720. The smallest absolute Gasteiger partial charge is 0.279 e. The van der Waals surface area contributed by atoms with Gasteiger partial charge in [-0.2, -0.15) is 0 Å². The summed E-state index contributed by atoms with van der Waals surface area (Å²) in [6, 6.07) is 10.9. The van der Waals surface area contributed by atoms with Gasteiger partial charge in [-0.15, -0.1) is 0 Å². The molecule has 0 spiro atoms. The van der Waals surface area contributed by atoms with Crippen LogP contribution >= 0.6 is 0 Å². The van der Waals surface area contributed by atoms with Crippen LogP contribution in [0.5, 0.6) is 5.75 Å². The van der Waals surface area contributed by atoms with Gasteiger partial charge in [0.1, 0.15) is 17.4 Å². The minimum absolute atomic E-state index is 0.119. The van der Waals surface area contributed by atoms with Crippen LogP contribution < -0.4 is 19.9 Å². The second-order valence-corrected chi connectivity index (χ2v) is 6.28. The fourth-order valence-corrected chi connectivity index (χ4v) is 3.07. The summed E-state index contributed by atoms with van der Waals surface area (Å²) in [4.78, 5) is 15.5. The summed E-state index contributed by atoms with van der Waals surface area (Å²) >= 11 is 0.